The molecule has 104 valence electrons. The van der Waals surface area contributed by atoms with Crippen LogP contribution in [0.15, 0.2) is 53.0 Å². The maximum atomic E-state index is 11.9. The number of benzene rings is 2. The molecule has 0 aliphatic rings. The van der Waals surface area contributed by atoms with Gasteiger partial charge in [0, 0.05) is 16.6 Å². The van der Waals surface area contributed by atoms with Gasteiger partial charge in [-0.1, -0.05) is 34.1 Å². The molecule has 2 aromatic carbocycles. The van der Waals surface area contributed by atoms with Crippen LogP contribution in [0.1, 0.15) is 22.3 Å². The number of phenols is 1. The first-order chi connectivity index (χ1) is 9.65. The molecule has 4 heteroatoms. The summed E-state index contributed by atoms with van der Waals surface area (Å²) >= 11 is 3.35. The van der Waals surface area contributed by atoms with Crippen LogP contribution in [0.5, 0.6) is 5.75 Å². The number of rotatable bonds is 5. The van der Waals surface area contributed by atoms with Crippen LogP contribution in [-0.2, 0) is 6.42 Å². The summed E-state index contributed by atoms with van der Waals surface area (Å²) in [5.74, 6) is 0.216. The third-order valence-electron chi connectivity index (χ3n) is 2.95. The molecule has 2 N–H and O–H groups in total. The number of hydrogen-bond donors (Lipinski definition) is 2. The summed E-state index contributed by atoms with van der Waals surface area (Å²) < 4.78 is 0.897. The van der Waals surface area contributed by atoms with E-state index in [1.807, 2.05) is 24.3 Å². The van der Waals surface area contributed by atoms with Gasteiger partial charge in [0.05, 0.1) is 0 Å². The van der Waals surface area contributed by atoms with Crippen LogP contribution in [0.25, 0.3) is 0 Å². The van der Waals surface area contributed by atoms with E-state index in [0.717, 1.165) is 22.9 Å². The smallest absolute Gasteiger partial charge is 0.251 e. The van der Waals surface area contributed by atoms with Gasteiger partial charge >= 0.3 is 0 Å². The molecule has 0 bridgehead atoms. The van der Waals surface area contributed by atoms with E-state index >= 15 is 0 Å². The summed E-state index contributed by atoms with van der Waals surface area (Å²) in [6, 6.07) is 14.5. The normalized spacial score (nSPS) is 10.2. The number of carbonyl (C=O) groups excluding carboxylic acids is 1. The zero-order valence-electron chi connectivity index (χ0n) is 11.0. The van der Waals surface area contributed by atoms with E-state index in [4.69, 9.17) is 0 Å². The lowest BCUT2D eigenvalue weighted by Crippen LogP contribution is -2.24. The quantitative estimate of drug-likeness (QED) is 0.822. The van der Waals surface area contributed by atoms with Gasteiger partial charge < -0.3 is 10.4 Å². The van der Waals surface area contributed by atoms with Gasteiger partial charge in [-0.15, -0.1) is 0 Å². The first kappa shape index (κ1) is 14.6. The molecular formula is C16H16BrNO2. The van der Waals surface area contributed by atoms with Crippen LogP contribution in [0.4, 0.5) is 0 Å². The highest BCUT2D eigenvalue weighted by molar-refractivity contribution is 9.10. The summed E-state index contributed by atoms with van der Waals surface area (Å²) in [6.07, 6.45) is 1.74. The average Bonchev–Trinajstić information content (AvgIpc) is 2.45. The Bertz CT molecular complexity index is 581. The Balaban J connectivity index is 1.76. The maximum Gasteiger partial charge on any atom is 0.251 e. The lowest BCUT2D eigenvalue weighted by atomic mass is 10.1. The SMILES string of the molecule is O=C(NCCCc1ccc(O)cc1)c1cccc(Br)c1. The molecule has 1 amide bonds. The zero-order chi connectivity index (χ0) is 14.4. The van der Waals surface area contributed by atoms with Gasteiger partial charge in [0.2, 0.25) is 0 Å². The molecule has 0 aliphatic carbocycles. The maximum absolute atomic E-state index is 11.9. The minimum atomic E-state index is -0.0583. The molecule has 0 unspecified atom stereocenters. The molecule has 20 heavy (non-hydrogen) atoms. The summed E-state index contributed by atoms with van der Waals surface area (Å²) in [4.78, 5) is 11.9. The van der Waals surface area contributed by atoms with Gasteiger partial charge in [-0.05, 0) is 48.7 Å². The monoisotopic (exact) mass is 333 g/mol. The summed E-state index contributed by atoms with van der Waals surface area (Å²) in [5, 5.41) is 12.1. The van der Waals surface area contributed by atoms with E-state index in [9.17, 15) is 9.90 Å². The van der Waals surface area contributed by atoms with Crippen molar-refractivity contribution in [3.05, 3.63) is 64.1 Å². The van der Waals surface area contributed by atoms with Crippen molar-refractivity contribution in [2.45, 2.75) is 12.8 Å². The van der Waals surface area contributed by atoms with E-state index in [-0.39, 0.29) is 11.7 Å². The van der Waals surface area contributed by atoms with E-state index in [2.05, 4.69) is 21.2 Å². The van der Waals surface area contributed by atoms with Crippen LogP contribution in [0.2, 0.25) is 0 Å². The largest absolute Gasteiger partial charge is 0.508 e. The fourth-order valence-corrected chi connectivity index (χ4v) is 2.29. The van der Waals surface area contributed by atoms with Crippen LogP contribution in [0, 0.1) is 0 Å². The third-order valence-corrected chi connectivity index (χ3v) is 3.44. The second-order valence-electron chi connectivity index (χ2n) is 4.54. The molecule has 0 spiro atoms. The van der Waals surface area contributed by atoms with Crippen LogP contribution in [0.3, 0.4) is 0 Å². The van der Waals surface area contributed by atoms with E-state index in [0.29, 0.717) is 12.1 Å². The van der Waals surface area contributed by atoms with Crippen molar-refractivity contribution in [1.29, 1.82) is 0 Å². The van der Waals surface area contributed by atoms with Gasteiger partial charge in [-0.2, -0.15) is 0 Å². The Hall–Kier alpha value is -1.81. The van der Waals surface area contributed by atoms with Crippen molar-refractivity contribution in [2.75, 3.05) is 6.54 Å². The Labute approximate surface area is 126 Å². The molecule has 0 aromatic heterocycles. The fourth-order valence-electron chi connectivity index (χ4n) is 1.89. The number of nitrogens with one attached hydrogen (secondary N) is 1. The number of halogens is 1. The molecular weight excluding hydrogens is 318 g/mol. The van der Waals surface area contributed by atoms with Crippen molar-refractivity contribution >= 4 is 21.8 Å². The average molecular weight is 334 g/mol. The second kappa shape index (κ2) is 7.10. The summed E-state index contributed by atoms with van der Waals surface area (Å²) in [7, 11) is 0. The lowest BCUT2D eigenvalue weighted by molar-refractivity contribution is 0.0953. The van der Waals surface area contributed by atoms with Crippen molar-refractivity contribution in [2.24, 2.45) is 0 Å². The van der Waals surface area contributed by atoms with Crippen LogP contribution >= 0.6 is 15.9 Å². The van der Waals surface area contributed by atoms with E-state index in [1.165, 1.54) is 0 Å². The number of amides is 1. The Morgan fingerprint density at radius 3 is 2.60 bits per heavy atom. The Morgan fingerprint density at radius 2 is 1.90 bits per heavy atom. The highest BCUT2D eigenvalue weighted by atomic mass is 79.9. The second-order valence-corrected chi connectivity index (χ2v) is 5.45. The predicted molar refractivity (Wildman–Crippen MR) is 82.9 cm³/mol. The molecule has 3 nitrogen and oxygen atoms in total. The fraction of sp³-hybridized carbons (Fsp3) is 0.188. The predicted octanol–water partition coefficient (Wildman–Crippen LogP) is 3.52. The Kier molecular flexibility index (Phi) is 5.18. The lowest BCUT2D eigenvalue weighted by Gasteiger charge is -2.06. The number of aromatic hydroxyl groups is 1. The Morgan fingerprint density at radius 1 is 1.15 bits per heavy atom. The van der Waals surface area contributed by atoms with Gasteiger partial charge in [-0.3, -0.25) is 4.79 Å². The molecule has 2 aromatic rings. The molecule has 0 fully saturated rings. The molecule has 0 saturated carbocycles. The highest BCUT2D eigenvalue weighted by Crippen LogP contribution is 2.12. The standard InChI is InChI=1S/C16H16BrNO2/c17-14-5-1-4-13(11-14)16(20)18-10-2-3-12-6-8-15(19)9-7-12/h1,4-9,11,19H,2-3,10H2,(H,18,20). The molecule has 0 heterocycles. The van der Waals surface area contributed by atoms with E-state index < -0.39 is 0 Å². The van der Waals surface area contributed by atoms with Crippen LogP contribution < -0.4 is 5.32 Å². The van der Waals surface area contributed by atoms with Gasteiger partial charge in [0.25, 0.3) is 5.91 Å². The van der Waals surface area contributed by atoms with Crippen molar-refractivity contribution in [3.8, 4) is 5.75 Å². The number of hydrogen-bond acceptors (Lipinski definition) is 2. The molecule has 0 atom stereocenters. The topological polar surface area (TPSA) is 49.3 Å². The first-order valence-corrected chi connectivity index (χ1v) is 7.26. The highest BCUT2D eigenvalue weighted by Gasteiger charge is 2.04. The molecule has 0 aliphatic heterocycles. The van der Waals surface area contributed by atoms with Gasteiger partial charge in [0.15, 0.2) is 0 Å². The third kappa shape index (κ3) is 4.38. The van der Waals surface area contributed by atoms with Crippen molar-refractivity contribution in [3.63, 3.8) is 0 Å². The minimum absolute atomic E-state index is 0.0583. The van der Waals surface area contributed by atoms with E-state index in [1.54, 1.807) is 24.3 Å². The van der Waals surface area contributed by atoms with Crippen molar-refractivity contribution < 1.29 is 9.90 Å². The molecule has 0 saturated heterocycles. The van der Waals surface area contributed by atoms with Crippen LogP contribution in [-0.4, -0.2) is 17.6 Å². The zero-order valence-corrected chi connectivity index (χ0v) is 12.6. The van der Waals surface area contributed by atoms with Gasteiger partial charge in [-0.25, -0.2) is 0 Å². The summed E-state index contributed by atoms with van der Waals surface area (Å²) in [5.41, 5.74) is 1.81. The minimum Gasteiger partial charge on any atom is -0.508 e. The van der Waals surface area contributed by atoms with Gasteiger partial charge in [0.1, 0.15) is 5.75 Å². The molecule has 2 rings (SSSR count). The number of phenolic OH excluding ortho intramolecular Hbond substituents is 1. The molecule has 0 radical (unpaired) electrons. The number of carbonyl (C=O) groups is 1. The first-order valence-electron chi connectivity index (χ1n) is 6.47. The van der Waals surface area contributed by atoms with Crippen molar-refractivity contribution in [1.82, 2.24) is 5.32 Å². The number of aryl methyl sites for hydroxylation is 1. The summed E-state index contributed by atoms with van der Waals surface area (Å²) in [6.45, 7) is 0.631.